The summed E-state index contributed by atoms with van der Waals surface area (Å²) >= 11 is 0. The normalized spacial score (nSPS) is 15.2. The predicted octanol–water partition coefficient (Wildman–Crippen LogP) is 4.63. The van der Waals surface area contributed by atoms with Crippen molar-refractivity contribution >= 4 is 35.1 Å². The number of benzene rings is 3. The summed E-state index contributed by atoms with van der Waals surface area (Å²) in [6, 6.07) is 23.6. The second-order valence-electron chi connectivity index (χ2n) is 10.1. The van der Waals surface area contributed by atoms with Crippen LogP contribution in [0, 0.1) is 0 Å². The van der Waals surface area contributed by atoms with E-state index in [9.17, 15) is 9.59 Å². The Morgan fingerprint density at radius 1 is 0.895 bits per heavy atom. The Bertz CT molecular complexity index is 1390. The van der Waals surface area contributed by atoms with Crippen LogP contribution in [-0.4, -0.2) is 57.7 Å². The van der Waals surface area contributed by atoms with E-state index in [4.69, 9.17) is 10.0 Å². The van der Waals surface area contributed by atoms with Crippen LogP contribution in [0.1, 0.15) is 60.0 Å². The topological polar surface area (TPSA) is 93.6 Å². The van der Waals surface area contributed by atoms with E-state index in [-0.39, 0.29) is 11.6 Å². The molecule has 0 aliphatic carbocycles. The third-order valence-electron chi connectivity index (χ3n) is 7.28. The van der Waals surface area contributed by atoms with Gasteiger partial charge in [-0.05, 0) is 74.9 Å². The molecule has 38 heavy (non-hydrogen) atoms. The lowest BCUT2D eigenvalue weighted by atomic mass is 9.80. The lowest BCUT2D eigenvalue weighted by molar-refractivity contribution is 0.100. The van der Waals surface area contributed by atoms with Crippen molar-refractivity contribution in [3.05, 3.63) is 89.6 Å². The maximum atomic E-state index is 11.4. The Morgan fingerprint density at radius 3 is 2.05 bits per heavy atom. The number of aromatic nitrogens is 1. The van der Waals surface area contributed by atoms with Gasteiger partial charge in [0.1, 0.15) is 0 Å². The first-order chi connectivity index (χ1) is 18.2. The lowest BCUT2D eigenvalue weighted by Crippen LogP contribution is -2.29. The summed E-state index contributed by atoms with van der Waals surface area (Å²) in [5.74, 6) is 0.0728. The fraction of sp³-hybridized carbons (Fsp3) is 0.290. The number of nitrogens with zero attached hydrogens (tertiary/aromatic N) is 1. The van der Waals surface area contributed by atoms with Gasteiger partial charge < -0.3 is 19.9 Å². The summed E-state index contributed by atoms with van der Waals surface area (Å²) in [4.78, 5) is 28.4. The maximum Gasteiger partial charge on any atom is 0.488 e. The fourth-order valence-corrected chi connectivity index (χ4v) is 4.88. The number of H-pyrrole nitrogens is 1. The number of hydrogen-bond acceptors (Lipinski definition) is 5. The number of hydrogen-bond donors (Lipinski definition) is 3. The largest absolute Gasteiger partial charge is 0.488 e. The van der Waals surface area contributed by atoms with Gasteiger partial charge in [-0.2, -0.15) is 0 Å². The van der Waals surface area contributed by atoms with Crippen LogP contribution in [0.4, 0.5) is 0 Å². The summed E-state index contributed by atoms with van der Waals surface area (Å²) in [5, 5.41) is 18.7. The van der Waals surface area contributed by atoms with Crippen molar-refractivity contribution in [3.8, 4) is 11.1 Å². The van der Waals surface area contributed by atoms with Crippen LogP contribution in [0.15, 0.2) is 72.8 Å². The minimum Gasteiger partial charge on any atom is -0.423 e. The zero-order valence-electron chi connectivity index (χ0n) is 22.3. The van der Waals surface area contributed by atoms with Gasteiger partial charge in [0.2, 0.25) is 0 Å². The number of ketones is 2. The second-order valence-corrected chi connectivity index (χ2v) is 10.1. The second kappa shape index (κ2) is 12.4. The number of aromatic amines is 1. The molecule has 6 nitrogen and oxygen atoms in total. The summed E-state index contributed by atoms with van der Waals surface area (Å²) in [6.07, 6.45) is 3.74. The van der Waals surface area contributed by atoms with Crippen LogP contribution in [0.5, 0.6) is 0 Å². The van der Waals surface area contributed by atoms with Crippen LogP contribution in [0.2, 0.25) is 0 Å². The number of carbonyl (C=O) groups is 2. The lowest BCUT2D eigenvalue weighted by Gasteiger charge is -2.20. The van der Waals surface area contributed by atoms with Gasteiger partial charge in [0.05, 0.1) is 0 Å². The third-order valence-corrected chi connectivity index (χ3v) is 7.28. The molecule has 1 aromatic heterocycles. The number of nitrogens with one attached hydrogen (secondary N) is 1. The molecule has 1 saturated heterocycles. The van der Waals surface area contributed by atoms with E-state index in [1.165, 1.54) is 60.6 Å². The third kappa shape index (κ3) is 6.87. The number of Topliss-reactive ketones (excluding diaryl/α,β-unsaturated/α-hetero) is 2. The molecule has 3 N–H and O–H groups in total. The summed E-state index contributed by atoms with van der Waals surface area (Å²) in [6.45, 7) is 7.77. The molecule has 2 heterocycles. The van der Waals surface area contributed by atoms with Crippen LogP contribution >= 0.6 is 0 Å². The van der Waals surface area contributed by atoms with Crippen molar-refractivity contribution in [1.82, 2.24) is 9.88 Å². The van der Waals surface area contributed by atoms with E-state index in [0.29, 0.717) is 11.0 Å². The molecule has 1 aliphatic rings. The number of rotatable bonds is 7. The highest BCUT2D eigenvalue weighted by atomic mass is 16.4. The van der Waals surface area contributed by atoms with Crippen molar-refractivity contribution in [2.45, 2.75) is 46.1 Å². The minimum absolute atomic E-state index is 0.0334. The van der Waals surface area contributed by atoms with Gasteiger partial charge in [-0.3, -0.25) is 9.59 Å². The van der Waals surface area contributed by atoms with E-state index in [2.05, 4.69) is 41.1 Å². The molecule has 0 bridgehead atoms. The zero-order valence-corrected chi connectivity index (χ0v) is 22.3. The highest BCUT2D eigenvalue weighted by molar-refractivity contribution is 6.58. The fourth-order valence-electron chi connectivity index (χ4n) is 4.88. The van der Waals surface area contributed by atoms with E-state index in [0.717, 1.165) is 30.1 Å². The van der Waals surface area contributed by atoms with E-state index in [1.807, 2.05) is 24.3 Å². The first-order valence-corrected chi connectivity index (χ1v) is 13.2. The van der Waals surface area contributed by atoms with Crippen molar-refractivity contribution in [1.29, 1.82) is 0 Å². The molecule has 0 spiro atoms. The van der Waals surface area contributed by atoms with Gasteiger partial charge >= 0.3 is 7.12 Å². The Labute approximate surface area is 224 Å². The van der Waals surface area contributed by atoms with Crippen molar-refractivity contribution in [2.24, 2.45) is 0 Å². The predicted molar refractivity (Wildman–Crippen MR) is 154 cm³/mol. The van der Waals surface area contributed by atoms with Crippen molar-refractivity contribution in [3.63, 3.8) is 0 Å². The molecule has 3 aromatic carbocycles. The van der Waals surface area contributed by atoms with Gasteiger partial charge in [0.15, 0.2) is 11.6 Å². The number of carbonyl (C=O) groups excluding carboxylic acids is 2. The molecule has 0 amide bonds. The van der Waals surface area contributed by atoms with Crippen LogP contribution < -0.4 is 5.46 Å². The Kier molecular flexibility index (Phi) is 8.95. The molecule has 5 rings (SSSR count). The first kappa shape index (κ1) is 27.5. The van der Waals surface area contributed by atoms with Crippen LogP contribution in [0.3, 0.4) is 0 Å². The molecule has 1 aliphatic heterocycles. The highest BCUT2D eigenvalue weighted by Crippen LogP contribution is 2.26. The average molecular weight is 510 g/mol. The van der Waals surface area contributed by atoms with Gasteiger partial charge in [0.25, 0.3) is 0 Å². The molecule has 1 atom stereocenters. The maximum absolute atomic E-state index is 11.4. The Morgan fingerprint density at radius 2 is 1.50 bits per heavy atom. The Hall–Kier alpha value is -3.52. The molecular formula is C31H35BN2O4. The summed E-state index contributed by atoms with van der Waals surface area (Å²) in [5.41, 5.74) is 6.55. The molecule has 1 fully saturated rings. The summed E-state index contributed by atoms with van der Waals surface area (Å²) in [7, 11) is -1.47. The quantitative estimate of drug-likeness (QED) is 0.249. The number of likely N-dealkylation sites (tertiary alicyclic amines) is 1. The molecule has 0 unspecified atom stereocenters. The Balaban J connectivity index is 0.000000236. The molecule has 7 heteroatoms. The van der Waals surface area contributed by atoms with Crippen LogP contribution in [-0.2, 0) is 6.42 Å². The van der Waals surface area contributed by atoms with Crippen molar-refractivity contribution in [2.75, 3.05) is 13.1 Å². The first-order valence-electron chi connectivity index (χ1n) is 13.2. The molecule has 196 valence electrons. The monoisotopic (exact) mass is 510 g/mol. The van der Waals surface area contributed by atoms with Crippen molar-refractivity contribution < 1.29 is 19.6 Å². The number of fused-ring (bicyclic) bond motifs is 1. The van der Waals surface area contributed by atoms with Gasteiger partial charge in [-0.1, -0.05) is 54.6 Å². The van der Waals surface area contributed by atoms with E-state index >= 15 is 0 Å². The SMILES string of the molecule is CC(=O)c1ccc(-c2ccc3[nH]c(CCN4CCC[C@H]4C)cc3c2)cc1.CC(=O)c1ccc(B(O)O)cc1. The zero-order chi connectivity index (χ0) is 27.2. The van der Waals surface area contributed by atoms with Gasteiger partial charge in [-0.25, -0.2) is 0 Å². The molecule has 0 radical (unpaired) electrons. The molecular weight excluding hydrogens is 475 g/mol. The standard InChI is InChI=1S/C23H26N2O.C8H9BO3/c1-16-4-3-12-25(16)13-11-22-15-21-14-20(9-10-23(21)24-22)19-7-5-18(6-8-19)17(2)26;1-6(10)7-2-4-8(5-3-7)9(11)12/h5-10,14-16,24H,3-4,11-13H2,1-2H3;2-5,11-12H,1H3/t16-;/m1./s1. The van der Waals surface area contributed by atoms with Crippen LogP contribution in [0.25, 0.3) is 22.0 Å². The smallest absolute Gasteiger partial charge is 0.423 e. The van der Waals surface area contributed by atoms with E-state index in [1.54, 1.807) is 19.1 Å². The summed E-state index contributed by atoms with van der Waals surface area (Å²) < 4.78 is 0. The molecule has 4 aromatic rings. The van der Waals surface area contributed by atoms with E-state index < -0.39 is 7.12 Å². The minimum atomic E-state index is -1.47. The van der Waals surface area contributed by atoms with Gasteiger partial charge in [0, 0.05) is 46.7 Å². The highest BCUT2D eigenvalue weighted by Gasteiger charge is 2.19. The molecule has 0 saturated carbocycles. The average Bonchev–Trinajstić information content (AvgIpc) is 3.52. The van der Waals surface area contributed by atoms with Gasteiger partial charge in [-0.15, -0.1) is 0 Å².